The number of aliphatic hydroxyl groups is 1. The Hall–Kier alpha value is -1.13. The van der Waals surface area contributed by atoms with Gasteiger partial charge in [0.15, 0.2) is 10.9 Å². The molecule has 4 aliphatic carbocycles. The SMILES string of the molecule is C[C@@H]1CC2C3CCC4=CC(=O)C=CC4(C)C3CCC2(C)C1C(=O)SC/C=C\CO. The Bertz CT molecular complexity index is 781. The Morgan fingerprint density at radius 3 is 2.83 bits per heavy atom. The van der Waals surface area contributed by atoms with Crippen LogP contribution >= 0.6 is 11.8 Å². The van der Waals surface area contributed by atoms with Crippen molar-refractivity contribution in [1.82, 2.24) is 0 Å². The molecule has 0 aromatic heterocycles. The van der Waals surface area contributed by atoms with E-state index < -0.39 is 0 Å². The predicted molar refractivity (Wildman–Crippen MR) is 118 cm³/mol. The zero-order chi connectivity index (χ0) is 20.8. The van der Waals surface area contributed by atoms with Crippen LogP contribution in [0.3, 0.4) is 0 Å². The first-order valence-corrected chi connectivity index (χ1v) is 12.2. The summed E-state index contributed by atoms with van der Waals surface area (Å²) >= 11 is 1.42. The molecule has 0 heterocycles. The topological polar surface area (TPSA) is 54.4 Å². The van der Waals surface area contributed by atoms with E-state index in [1.54, 1.807) is 12.2 Å². The second kappa shape index (κ2) is 7.85. The van der Waals surface area contributed by atoms with Crippen LogP contribution < -0.4 is 0 Å². The van der Waals surface area contributed by atoms with E-state index in [1.165, 1.54) is 17.3 Å². The van der Waals surface area contributed by atoms with Gasteiger partial charge in [-0.1, -0.05) is 56.3 Å². The maximum Gasteiger partial charge on any atom is 0.193 e. The van der Waals surface area contributed by atoms with Gasteiger partial charge in [-0.15, -0.1) is 0 Å². The number of carbonyl (C=O) groups is 2. The number of carbonyl (C=O) groups excluding carboxylic acids is 2. The van der Waals surface area contributed by atoms with Crippen LogP contribution in [-0.2, 0) is 9.59 Å². The summed E-state index contributed by atoms with van der Waals surface area (Å²) in [5.41, 5.74) is 1.45. The summed E-state index contributed by atoms with van der Waals surface area (Å²) in [5.74, 6) is 3.19. The van der Waals surface area contributed by atoms with E-state index in [0.29, 0.717) is 34.5 Å². The lowest BCUT2D eigenvalue weighted by Crippen LogP contribution is -2.50. The van der Waals surface area contributed by atoms with E-state index in [0.717, 1.165) is 32.1 Å². The van der Waals surface area contributed by atoms with E-state index in [9.17, 15) is 9.59 Å². The molecule has 7 atom stereocenters. The van der Waals surface area contributed by atoms with E-state index >= 15 is 0 Å². The molecule has 4 rings (SSSR count). The molecule has 3 saturated carbocycles. The van der Waals surface area contributed by atoms with Crippen LogP contribution in [-0.4, -0.2) is 28.4 Å². The molecule has 158 valence electrons. The first-order chi connectivity index (χ1) is 13.8. The molecule has 0 saturated heterocycles. The highest BCUT2D eigenvalue weighted by Crippen LogP contribution is 2.67. The fraction of sp³-hybridized carbons (Fsp3) is 0.680. The molecule has 0 spiro atoms. The minimum absolute atomic E-state index is 0.0212. The molecule has 0 bridgehead atoms. The molecular weight excluding hydrogens is 380 g/mol. The van der Waals surface area contributed by atoms with Gasteiger partial charge in [-0.25, -0.2) is 0 Å². The molecule has 0 aromatic carbocycles. The van der Waals surface area contributed by atoms with Gasteiger partial charge in [-0.05, 0) is 73.3 Å². The van der Waals surface area contributed by atoms with Gasteiger partial charge in [0.25, 0.3) is 0 Å². The summed E-state index contributed by atoms with van der Waals surface area (Å²) in [6.45, 7) is 7.04. The number of allylic oxidation sites excluding steroid dienone is 4. The van der Waals surface area contributed by atoms with Gasteiger partial charge in [0.2, 0.25) is 0 Å². The van der Waals surface area contributed by atoms with Crippen molar-refractivity contribution in [2.45, 2.75) is 52.9 Å². The summed E-state index contributed by atoms with van der Waals surface area (Å²) in [6, 6.07) is 0. The number of hydrogen-bond donors (Lipinski definition) is 1. The average molecular weight is 415 g/mol. The molecule has 3 fully saturated rings. The standard InChI is InChI=1S/C25H34O3S/c1-16-14-21-19-7-6-17-15-18(27)8-10-24(17,2)20(19)9-11-25(21,3)22(16)23(28)29-13-5-4-12-26/h4-5,8,10,15-16,19-22,26H,6-7,9,11-14H2,1-3H3/b5-4-/t16-,19?,20?,21?,22?,24?,25?/m1/s1. The molecular formula is C25H34O3S. The number of aliphatic hydroxyl groups excluding tert-OH is 1. The van der Waals surface area contributed by atoms with Crippen molar-refractivity contribution in [2.24, 2.45) is 40.4 Å². The summed E-state index contributed by atoms with van der Waals surface area (Å²) in [6.07, 6.45) is 15.1. The highest BCUT2D eigenvalue weighted by Gasteiger charge is 2.61. The molecule has 4 aliphatic rings. The Balaban J connectivity index is 1.56. The average Bonchev–Trinajstić information content (AvgIpc) is 2.96. The molecule has 0 amide bonds. The second-order valence-corrected chi connectivity index (χ2v) is 11.1. The van der Waals surface area contributed by atoms with Crippen LogP contribution in [0, 0.1) is 40.4 Å². The first kappa shape index (κ1) is 21.1. The van der Waals surface area contributed by atoms with Crippen LogP contribution in [0.1, 0.15) is 52.9 Å². The van der Waals surface area contributed by atoms with Gasteiger partial charge in [0, 0.05) is 17.1 Å². The maximum absolute atomic E-state index is 13.2. The molecule has 4 heteroatoms. The van der Waals surface area contributed by atoms with Crippen molar-refractivity contribution in [1.29, 1.82) is 0 Å². The largest absolute Gasteiger partial charge is 0.392 e. The summed E-state index contributed by atoms with van der Waals surface area (Å²) in [4.78, 5) is 25.1. The highest BCUT2D eigenvalue weighted by atomic mass is 32.2. The van der Waals surface area contributed by atoms with E-state index in [2.05, 4.69) is 26.8 Å². The molecule has 0 aliphatic heterocycles. The van der Waals surface area contributed by atoms with Gasteiger partial charge >= 0.3 is 0 Å². The minimum atomic E-state index is 0.0212. The third-order valence-corrected chi connectivity index (χ3v) is 9.64. The van der Waals surface area contributed by atoms with E-state index in [-0.39, 0.29) is 29.1 Å². The highest BCUT2D eigenvalue weighted by molar-refractivity contribution is 8.13. The van der Waals surface area contributed by atoms with Crippen LogP contribution in [0.4, 0.5) is 0 Å². The molecule has 29 heavy (non-hydrogen) atoms. The Kier molecular flexibility index (Phi) is 5.71. The maximum atomic E-state index is 13.2. The van der Waals surface area contributed by atoms with Crippen molar-refractivity contribution >= 4 is 22.7 Å². The van der Waals surface area contributed by atoms with Gasteiger partial charge in [0.1, 0.15) is 0 Å². The smallest absolute Gasteiger partial charge is 0.193 e. The lowest BCUT2D eigenvalue weighted by Gasteiger charge is -2.56. The molecule has 1 N–H and O–H groups in total. The fourth-order valence-electron chi connectivity index (χ4n) is 7.43. The van der Waals surface area contributed by atoms with Gasteiger partial charge in [-0.2, -0.15) is 0 Å². The zero-order valence-electron chi connectivity index (χ0n) is 17.9. The van der Waals surface area contributed by atoms with Crippen LogP contribution in [0.15, 0.2) is 36.0 Å². The molecule has 0 radical (unpaired) electrons. The Morgan fingerprint density at radius 1 is 1.28 bits per heavy atom. The number of thioether (sulfide) groups is 1. The normalized spacial score (nSPS) is 43.7. The summed E-state index contributed by atoms with van der Waals surface area (Å²) < 4.78 is 0. The lowest BCUT2D eigenvalue weighted by molar-refractivity contribution is -0.122. The monoisotopic (exact) mass is 414 g/mol. The molecule has 3 nitrogen and oxygen atoms in total. The Labute approximate surface area is 179 Å². The van der Waals surface area contributed by atoms with Crippen molar-refractivity contribution in [3.05, 3.63) is 36.0 Å². The molecule has 6 unspecified atom stereocenters. The van der Waals surface area contributed by atoms with Gasteiger partial charge in [0.05, 0.1) is 6.61 Å². The minimum Gasteiger partial charge on any atom is -0.392 e. The van der Waals surface area contributed by atoms with Crippen molar-refractivity contribution in [2.75, 3.05) is 12.4 Å². The van der Waals surface area contributed by atoms with Gasteiger partial charge in [-0.3, -0.25) is 9.59 Å². The Morgan fingerprint density at radius 2 is 2.07 bits per heavy atom. The number of hydrogen-bond acceptors (Lipinski definition) is 4. The third kappa shape index (κ3) is 3.40. The summed E-state index contributed by atoms with van der Waals surface area (Å²) in [7, 11) is 0. The third-order valence-electron chi connectivity index (χ3n) is 8.75. The van der Waals surface area contributed by atoms with Crippen LogP contribution in [0.2, 0.25) is 0 Å². The lowest BCUT2D eigenvalue weighted by atomic mass is 9.48. The second-order valence-electron chi connectivity index (χ2n) is 10.1. The predicted octanol–water partition coefficient (Wildman–Crippen LogP) is 4.96. The fourth-order valence-corrected chi connectivity index (χ4v) is 8.50. The van der Waals surface area contributed by atoms with Crippen LogP contribution in [0.5, 0.6) is 0 Å². The van der Waals surface area contributed by atoms with Crippen molar-refractivity contribution in [3.8, 4) is 0 Å². The number of ketones is 1. The molecule has 0 aromatic rings. The number of rotatable bonds is 4. The quantitative estimate of drug-likeness (QED) is 0.660. The van der Waals surface area contributed by atoms with Crippen molar-refractivity contribution in [3.63, 3.8) is 0 Å². The van der Waals surface area contributed by atoms with Crippen molar-refractivity contribution < 1.29 is 14.7 Å². The summed E-state index contributed by atoms with van der Waals surface area (Å²) in [5, 5.41) is 9.24. The van der Waals surface area contributed by atoms with E-state index in [4.69, 9.17) is 5.11 Å². The first-order valence-electron chi connectivity index (χ1n) is 11.2. The van der Waals surface area contributed by atoms with E-state index in [1.807, 2.05) is 12.2 Å². The zero-order valence-corrected chi connectivity index (χ0v) is 18.7. The van der Waals surface area contributed by atoms with Crippen LogP contribution in [0.25, 0.3) is 0 Å². The van der Waals surface area contributed by atoms with Gasteiger partial charge < -0.3 is 5.11 Å². The number of fused-ring (bicyclic) bond motifs is 5.